The smallest absolute Gasteiger partial charge is 0.192 e. The molecule has 0 heterocycles. The predicted molar refractivity (Wildman–Crippen MR) is 70.6 cm³/mol. The van der Waals surface area contributed by atoms with E-state index in [1.54, 1.807) is 0 Å². The summed E-state index contributed by atoms with van der Waals surface area (Å²) >= 11 is 0. The first-order valence-electron chi connectivity index (χ1n) is 6.56. The fourth-order valence-corrected chi connectivity index (χ4v) is 2.41. The van der Waals surface area contributed by atoms with Gasteiger partial charge in [0, 0.05) is 12.6 Å². The molecule has 0 aromatic rings. The molecule has 2 N–H and O–H groups in total. The Bertz CT molecular complexity index is 234. The number of nitrogens with zero attached hydrogens (tertiary/aromatic N) is 2. The first-order chi connectivity index (χ1) is 7.44. The molecule has 0 radical (unpaired) electrons. The van der Waals surface area contributed by atoms with Crippen molar-refractivity contribution in [1.82, 2.24) is 4.90 Å². The Hall–Kier alpha value is -0.730. The lowest BCUT2D eigenvalue weighted by Gasteiger charge is -2.35. The lowest BCUT2D eigenvalue weighted by molar-refractivity contribution is 0.247. The van der Waals surface area contributed by atoms with Gasteiger partial charge in [-0.2, -0.15) is 0 Å². The molecule has 0 unspecified atom stereocenters. The van der Waals surface area contributed by atoms with Crippen LogP contribution in [0.4, 0.5) is 0 Å². The highest BCUT2D eigenvalue weighted by Crippen LogP contribution is 2.22. The molecule has 16 heavy (non-hydrogen) atoms. The standard InChI is InChI=1S/C13H27N3/c1-5-16(11-9-7-6-8-10-11)12(14)15-13(2,3)4/h11H,5-10H2,1-4H3,(H2,14,15). The monoisotopic (exact) mass is 225 g/mol. The molecule has 0 spiro atoms. The topological polar surface area (TPSA) is 41.6 Å². The number of rotatable bonds is 2. The molecule has 3 nitrogen and oxygen atoms in total. The number of nitrogens with two attached hydrogens (primary N) is 1. The Morgan fingerprint density at radius 1 is 1.25 bits per heavy atom. The van der Waals surface area contributed by atoms with E-state index in [0.717, 1.165) is 12.5 Å². The van der Waals surface area contributed by atoms with Crippen molar-refractivity contribution in [2.45, 2.75) is 71.4 Å². The van der Waals surface area contributed by atoms with E-state index in [1.165, 1.54) is 32.1 Å². The molecule has 1 rings (SSSR count). The van der Waals surface area contributed by atoms with Crippen molar-refractivity contribution >= 4 is 5.96 Å². The third kappa shape index (κ3) is 4.03. The van der Waals surface area contributed by atoms with Gasteiger partial charge in [0.25, 0.3) is 0 Å². The van der Waals surface area contributed by atoms with Crippen molar-refractivity contribution in [1.29, 1.82) is 0 Å². The third-order valence-electron chi connectivity index (χ3n) is 3.10. The second-order valence-electron chi connectivity index (χ2n) is 5.72. The first-order valence-corrected chi connectivity index (χ1v) is 6.56. The van der Waals surface area contributed by atoms with Crippen LogP contribution in [0.15, 0.2) is 4.99 Å². The van der Waals surface area contributed by atoms with Crippen molar-refractivity contribution in [2.75, 3.05) is 6.54 Å². The van der Waals surface area contributed by atoms with Crippen molar-refractivity contribution in [3.05, 3.63) is 0 Å². The molecule has 0 aliphatic heterocycles. The fourth-order valence-electron chi connectivity index (χ4n) is 2.41. The Kier molecular flexibility index (Phi) is 4.63. The summed E-state index contributed by atoms with van der Waals surface area (Å²) in [5.74, 6) is 0.724. The van der Waals surface area contributed by atoms with E-state index < -0.39 is 0 Å². The number of aliphatic imine (C=N–C) groups is 1. The second kappa shape index (κ2) is 5.55. The van der Waals surface area contributed by atoms with Crippen LogP contribution >= 0.6 is 0 Å². The summed E-state index contributed by atoms with van der Waals surface area (Å²) in [6, 6.07) is 0.616. The zero-order valence-electron chi connectivity index (χ0n) is 11.3. The highest BCUT2D eigenvalue weighted by atomic mass is 15.3. The van der Waals surface area contributed by atoms with Crippen LogP contribution in [-0.2, 0) is 0 Å². The van der Waals surface area contributed by atoms with Gasteiger partial charge in [-0.05, 0) is 40.5 Å². The van der Waals surface area contributed by atoms with Gasteiger partial charge in [-0.15, -0.1) is 0 Å². The zero-order chi connectivity index (χ0) is 12.2. The van der Waals surface area contributed by atoms with E-state index in [4.69, 9.17) is 5.73 Å². The Morgan fingerprint density at radius 2 is 1.81 bits per heavy atom. The van der Waals surface area contributed by atoms with E-state index in [2.05, 4.69) is 37.6 Å². The molecule has 1 fully saturated rings. The lowest BCUT2D eigenvalue weighted by Crippen LogP contribution is -2.46. The number of hydrogen-bond acceptors (Lipinski definition) is 1. The highest BCUT2D eigenvalue weighted by Gasteiger charge is 2.22. The van der Waals surface area contributed by atoms with Gasteiger partial charge >= 0.3 is 0 Å². The van der Waals surface area contributed by atoms with Gasteiger partial charge in [-0.1, -0.05) is 19.3 Å². The Labute approximate surface area is 100 Å². The summed E-state index contributed by atoms with van der Waals surface area (Å²) in [6.07, 6.45) is 6.60. The van der Waals surface area contributed by atoms with Gasteiger partial charge in [-0.25, -0.2) is 4.99 Å². The number of guanidine groups is 1. The van der Waals surface area contributed by atoms with Crippen molar-refractivity contribution in [2.24, 2.45) is 10.7 Å². The summed E-state index contributed by atoms with van der Waals surface area (Å²) in [6.45, 7) is 9.41. The van der Waals surface area contributed by atoms with Crippen LogP contribution in [0.1, 0.15) is 59.8 Å². The minimum atomic E-state index is -0.0772. The Balaban J connectivity index is 2.68. The molecule has 1 saturated carbocycles. The van der Waals surface area contributed by atoms with Crippen molar-refractivity contribution in [3.63, 3.8) is 0 Å². The molecule has 0 atom stereocenters. The molecular formula is C13H27N3. The summed E-state index contributed by atoms with van der Waals surface area (Å²) in [5, 5.41) is 0. The molecule has 0 aromatic heterocycles. The van der Waals surface area contributed by atoms with Crippen LogP contribution < -0.4 is 5.73 Å². The minimum absolute atomic E-state index is 0.0772. The maximum Gasteiger partial charge on any atom is 0.192 e. The van der Waals surface area contributed by atoms with Gasteiger partial charge in [0.2, 0.25) is 0 Å². The molecule has 0 aromatic carbocycles. The van der Waals surface area contributed by atoms with Crippen LogP contribution in [0, 0.1) is 0 Å². The largest absolute Gasteiger partial charge is 0.370 e. The third-order valence-corrected chi connectivity index (χ3v) is 3.10. The van der Waals surface area contributed by atoms with Crippen LogP contribution in [-0.4, -0.2) is 29.0 Å². The van der Waals surface area contributed by atoms with Gasteiger partial charge in [0.15, 0.2) is 5.96 Å². The molecule has 1 aliphatic rings. The van der Waals surface area contributed by atoms with E-state index in [1.807, 2.05) is 0 Å². The summed E-state index contributed by atoms with van der Waals surface area (Å²) in [5.41, 5.74) is 6.04. The normalized spacial score (nSPS) is 19.9. The average molecular weight is 225 g/mol. The van der Waals surface area contributed by atoms with Gasteiger partial charge in [0.05, 0.1) is 5.54 Å². The predicted octanol–water partition coefficient (Wildman–Crippen LogP) is 2.75. The van der Waals surface area contributed by atoms with E-state index in [-0.39, 0.29) is 5.54 Å². The van der Waals surface area contributed by atoms with Gasteiger partial charge < -0.3 is 10.6 Å². The van der Waals surface area contributed by atoms with Crippen LogP contribution in [0.2, 0.25) is 0 Å². The summed E-state index contributed by atoms with van der Waals surface area (Å²) < 4.78 is 0. The van der Waals surface area contributed by atoms with Crippen LogP contribution in [0.5, 0.6) is 0 Å². The quantitative estimate of drug-likeness (QED) is 0.580. The second-order valence-corrected chi connectivity index (χ2v) is 5.72. The van der Waals surface area contributed by atoms with Gasteiger partial charge in [-0.3, -0.25) is 0 Å². The average Bonchev–Trinajstić information content (AvgIpc) is 2.17. The zero-order valence-corrected chi connectivity index (χ0v) is 11.3. The molecular weight excluding hydrogens is 198 g/mol. The molecule has 1 aliphatic carbocycles. The summed E-state index contributed by atoms with van der Waals surface area (Å²) in [7, 11) is 0. The van der Waals surface area contributed by atoms with Crippen LogP contribution in [0.3, 0.4) is 0 Å². The van der Waals surface area contributed by atoms with Crippen molar-refractivity contribution < 1.29 is 0 Å². The summed E-state index contributed by atoms with van der Waals surface area (Å²) in [4.78, 5) is 6.86. The molecule has 0 saturated heterocycles. The molecule has 94 valence electrons. The lowest BCUT2D eigenvalue weighted by atomic mass is 9.94. The highest BCUT2D eigenvalue weighted by molar-refractivity contribution is 5.78. The van der Waals surface area contributed by atoms with Crippen LogP contribution in [0.25, 0.3) is 0 Å². The van der Waals surface area contributed by atoms with E-state index in [0.29, 0.717) is 6.04 Å². The Morgan fingerprint density at radius 3 is 2.25 bits per heavy atom. The van der Waals surface area contributed by atoms with E-state index in [9.17, 15) is 0 Å². The SMILES string of the molecule is CCN(C(N)=NC(C)(C)C)C1CCCCC1. The first kappa shape index (κ1) is 13.3. The molecule has 0 bridgehead atoms. The van der Waals surface area contributed by atoms with E-state index >= 15 is 0 Å². The number of hydrogen-bond donors (Lipinski definition) is 1. The molecule has 0 amide bonds. The molecule has 3 heteroatoms. The maximum absolute atomic E-state index is 6.12. The fraction of sp³-hybridized carbons (Fsp3) is 0.923. The van der Waals surface area contributed by atoms with Crippen molar-refractivity contribution in [3.8, 4) is 0 Å². The maximum atomic E-state index is 6.12. The van der Waals surface area contributed by atoms with Gasteiger partial charge in [0.1, 0.15) is 0 Å². The minimum Gasteiger partial charge on any atom is -0.370 e.